The fourth-order valence-electron chi connectivity index (χ4n) is 1.98. The molecule has 0 radical (unpaired) electrons. The molecular formula is C16H23N3O2S. The highest BCUT2D eigenvalue weighted by Crippen LogP contribution is 2.20. The van der Waals surface area contributed by atoms with Crippen molar-refractivity contribution in [2.24, 2.45) is 0 Å². The van der Waals surface area contributed by atoms with Gasteiger partial charge in [-0.05, 0) is 24.8 Å². The first kappa shape index (κ1) is 16.7. The summed E-state index contributed by atoms with van der Waals surface area (Å²) in [6.45, 7) is 8.13. The number of thiophene rings is 1. The Morgan fingerprint density at radius 2 is 2.23 bits per heavy atom. The predicted octanol–water partition coefficient (Wildman–Crippen LogP) is 3.63. The predicted molar refractivity (Wildman–Crippen MR) is 86.8 cm³/mol. The Hall–Kier alpha value is -1.69. The zero-order chi connectivity index (χ0) is 16.2. The van der Waals surface area contributed by atoms with Crippen molar-refractivity contribution in [1.29, 1.82) is 0 Å². The van der Waals surface area contributed by atoms with E-state index in [4.69, 9.17) is 4.52 Å². The average Bonchev–Trinajstić information content (AvgIpc) is 3.09. The van der Waals surface area contributed by atoms with Gasteiger partial charge in [-0.1, -0.05) is 32.0 Å². The van der Waals surface area contributed by atoms with Crippen LogP contribution in [0, 0.1) is 0 Å². The van der Waals surface area contributed by atoms with E-state index in [1.807, 2.05) is 45.2 Å². The number of rotatable bonds is 6. The normalized spacial score (nSPS) is 13.1. The van der Waals surface area contributed by atoms with E-state index in [1.54, 1.807) is 11.3 Å². The molecule has 0 aliphatic rings. The van der Waals surface area contributed by atoms with Gasteiger partial charge >= 0.3 is 0 Å². The zero-order valence-corrected chi connectivity index (χ0v) is 14.4. The quantitative estimate of drug-likeness (QED) is 0.882. The highest BCUT2D eigenvalue weighted by molar-refractivity contribution is 7.10. The molecule has 2 heterocycles. The molecule has 5 nitrogen and oxygen atoms in total. The summed E-state index contributed by atoms with van der Waals surface area (Å²) in [4.78, 5) is 17.5. The summed E-state index contributed by atoms with van der Waals surface area (Å²) in [5.41, 5.74) is -0.116. The Morgan fingerprint density at radius 1 is 1.45 bits per heavy atom. The third-order valence-corrected chi connectivity index (χ3v) is 4.34. The monoisotopic (exact) mass is 321 g/mol. The van der Waals surface area contributed by atoms with Crippen LogP contribution in [0.1, 0.15) is 63.2 Å². The van der Waals surface area contributed by atoms with Crippen molar-refractivity contribution in [1.82, 2.24) is 15.5 Å². The first-order chi connectivity index (χ1) is 10.4. The molecule has 0 saturated carbocycles. The first-order valence-electron chi connectivity index (χ1n) is 7.52. The van der Waals surface area contributed by atoms with Gasteiger partial charge in [0.25, 0.3) is 0 Å². The second-order valence-electron chi connectivity index (χ2n) is 6.42. The lowest BCUT2D eigenvalue weighted by Crippen LogP contribution is -2.25. The largest absolute Gasteiger partial charge is 0.349 e. The Kier molecular flexibility index (Phi) is 5.34. The smallest absolute Gasteiger partial charge is 0.226 e. The van der Waals surface area contributed by atoms with E-state index >= 15 is 0 Å². The third-order valence-electron chi connectivity index (χ3n) is 3.28. The third kappa shape index (κ3) is 4.66. The van der Waals surface area contributed by atoms with Gasteiger partial charge in [0.2, 0.25) is 11.8 Å². The number of amides is 1. The van der Waals surface area contributed by atoms with E-state index in [2.05, 4.69) is 15.5 Å². The summed E-state index contributed by atoms with van der Waals surface area (Å²) in [5, 5.41) is 9.00. The van der Waals surface area contributed by atoms with Gasteiger partial charge in [-0.3, -0.25) is 4.79 Å². The summed E-state index contributed by atoms with van der Waals surface area (Å²) in [6, 6.07) is 4.08. The molecular weight excluding hydrogens is 298 g/mol. The fourth-order valence-corrected chi connectivity index (χ4v) is 2.72. The minimum atomic E-state index is -0.116. The van der Waals surface area contributed by atoms with Crippen molar-refractivity contribution in [2.45, 2.75) is 58.4 Å². The number of aromatic nitrogens is 2. The number of hydrogen-bond acceptors (Lipinski definition) is 5. The molecule has 1 unspecified atom stereocenters. The Balaban J connectivity index is 1.74. The van der Waals surface area contributed by atoms with E-state index in [9.17, 15) is 4.79 Å². The molecule has 1 N–H and O–H groups in total. The minimum absolute atomic E-state index is 0.0523. The van der Waals surface area contributed by atoms with Crippen LogP contribution in [0.3, 0.4) is 0 Å². The van der Waals surface area contributed by atoms with Gasteiger partial charge in [0.05, 0.1) is 6.04 Å². The van der Waals surface area contributed by atoms with Crippen molar-refractivity contribution in [2.75, 3.05) is 0 Å². The maximum absolute atomic E-state index is 11.9. The molecule has 0 saturated heterocycles. The van der Waals surface area contributed by atoms with E-state index in [0.29, 0.717) is 31.0 Å². The maximum atomic E-state index is 11.9. The van der Waals surface area contributed by atoms with Gasteiger partial charge in [-0.2, -0.15) is 4.98 Å². The topological polar surface area (TPSA) is 68.0 Å². The van der Waals surface area contributed by atoms with Crippen molar-refractivity contribution in [3.63, 3.8) is 0 Å². The lowest BCUT2D eigenvalue weighted by molar-refractivity contribution is -0.121. The average molecular weight is 321 g/mol. The molecule has 0 aliphatic heterocycles. The van der Waals surface area contributed by atoms with Crippen LogP contribution in [-0.4, -0.2) is 16.0 Å². The van der Waals surface area contributed by atoms with Crippen molar-refractivity contribution >= 4 is 17.2 Å². The number of aryl methyl sites for hydroxylation is 1. The molecule has 0 fully saturated rings. The molecule has 1 atom stereocenters. The second kappa shape index (κ2) is 7.05. The minimum Gasteiger partial charge on any atom is -0.349 e. The van der Waals surface area contributed by atoms with Crippen LogP contribution in [0.25, 0.3) is 0 Å². The number of hydrogen-bond donors (Lipinski definition) is 1. The summed E-state index contributed by atoms with van der Waals surface area (Å²) < 4.78 is 5.22. The lowest BCUT2D eigenvalue weighted by Gasteiger charge is -2.11. The first-order valence-corrected chi connectivity index (χ1v) is 8.40. The summed E-state index contributed by atoms with van der Waals surface area (Å²) >= 11 is 1.65. The molecule has 0 aliphatic carbocycles. The highest BCUT2D eigenvalue weighted by Gasteiger charge is 2.20. The Bertz CT molecular complexity index is 599. The molecule has 6 heteroatoms. The van der Waals surface area contributed by atoms with Crippen LogP contribution >= 0.6 is 11.3 Å². The van der Waals surface area contributed by atoms with Crippen LogP contribution in [0.4, 0.5) is 0 Å². The fraction of sp³-hybridized carbons (Fsp3) is 0.562. The summed E-state index contributed by atoms with van der Waals surface area (Å²) in [7, 11) is 0. The van der Waals surface area contributed by atoms with Gasteiger partial charge in [0.1, 0.15) is 0 Å². The lowest BCUT2D eigenvalue weighted by atomic mass is 9.96. The summed E-state index contributed by atoms with van der Waals surface area (Å²) in [5.74, 6) is 1.36. The Morgan fingerprint density at radius 3 is 2.82 bits per heavy atom. The van der Waals surface area contributed by atoms with Gasteiger partial charge < -0.3 is 9.84 Å². The van der Waals surface area contributed by atoms with E-state index in [-0.39, 0.29) is 17.4 Å². The van der Waals surface area contributed by atoms with Crippen LogP contribution < -0.4 is 5.32 Å². The van der Waals surface area contributed by atoms with Crippen LogP contribution in [-0.2, 0) is 16.6 Å². The molecule has 22 heavy (non-hydrogen) atoms. The van der Waals surface area contributed by atoms with Crippen LogP contribution in [0.5, 0.6) is 0 Å². The Labute approximate surface area is 135 Å². The van der Waals surface area contributed by atoms with Crippen molar-refractivity contribution < 1.29 is 9.32 Å². The van der Waals surface area contributed by atoms with E-state index < -0.39 is 0 Å². The maximum Gasteiger partial charge on any atom is 0.226 e. The van der Waals surface area contributed by atoms with Crippen LogP contribution in [0.2, 0.25) is 0 Å². The van der Waals surface area contributed by atoms with E-state index in [1.165, 1.54) is 4.88 Å². The summed E-state index contributed by atoms with van der Waals surface area (Å²) in [6.07, 6.45) is 1.79. The van der Waals surface area contributed by atoms with Crippen molar-refractivity contribution in [3.8, 4) is 0 Å². The molecule has 0 spiro atoms. The standard InChI is InChI=1S/C16H23N3O2S/c1-11(12-7-6-10-22-12)17-13(20)8-5-9-14-18-15(19-21-14)16(2,3)4/h6-7,10-11H,5,8-9H2,1-4H3,(H,17,20). The zero-order valence-electron chi connectivity index (χ0n) is 13.5. The number of carbonyl (C=O) groups is 1. The molecule has 2 aromatic heterocycles. The molecule has 2 aromatic rings. The highest BCUT2D eigenvalue weighted by atomic mass is 32.1. The van der Waals surface area contributed by atoms with Crippen molar-refractivity contribution in [3.05, 3.63) is 34.1 Å². The van der Waals surface area contributed by atoms with Crippen LogP contribution in [0.15, 0.2) is 22.0 Å². The van der Waals surface area contributed by atoms with E-state index in [0.717, 1.165) is 0 Å². The molecule has 120 valence electrons. The number of nitrogens with zero attached hydrogens (tertiary/aromatic N) is 2. The van der Waals surface area contributed by atoms with Gasteiger partial charge in [-0.15, -0.1) is 11.3 Å². The SMILES string of the molecule is CC(NC(=O)CCCc1nc(C(C)(C)C)no1)c1cccs1. The van der Waals surface area contributed by atoms with Gasteiger partial charge in [0.15, 0.2) is 5.82 Å². The van der Waals surface area contributed by atoms with Gasteiger partial charge in [-0.25, -0.2) is 0 Å². The molecule has 0 bridgehead atoms. The van der Waals surface area contributed by atoms with Gasteiger partial charge in [0, 0.05) is 23.1 Å². The molecule has 1 amide bonds. The molecule has 0 aromatic carbocycles. The molecule has 2 rings (SSSR count). The number of carbonyl (C=O) groups excluding carboxylic acids is 1. The second-order valence-corrected chi connectivity index (χ2v) is 7.40. The number of nitrogens with one attached hydrogen (secondary N) is 1.